The molecule has 3 aliphatic rings. The SMILES string of the molecule is CC(=O)N1CCC(C(=O)N(CCCN2CC3CN(C(=O)c4cnn(-c5ccc(C)cc5)c4C(F)(F)F)CC3C2)c2ccc(C)c(Cl)c2)CC1. The molecule has 3 fully saturated rings. The lowest BCUT2D eigenvalue weighted by Crippen LogP contribution is -2.44. The Morgan fingerprint density at radius 1 is 0.939 bits per heavy atom. The van der Waals surface area contributed by atoms with E-state index in [1.807, 2.05) is 36.9 Å². The molecule has 2 aromatic carbocycles. The smallest absolute Gasteiger partial charge is 0.343 e. The molecule has 0 N–H and O–H groups in total. The lowest BCUT2D eigenvalue weighted by atomic mass is 9.94. The van der Waals surface area contributed by atoms with E-state index >= 15 is 0 Å². The summed E-state index contributed by atoms with van der Waals surface area (Å²) in [6.45, 7) is 9.94. The predicted octanol–water partition coefficient (Wildman–Crippen LogP) is 5.85. The first-order valence-corrected chi connectivity index (χ1v) is 17.2. The molecule has 9 nitrogen and oxygen atoms in total. The number of carbonyl (C=O) groups is 3. The van der Waals surface area contributed by atoms with Crippen LogP contribution in [0.4, 0.5) is 18.9 Å². The molecule has 0 aliphatic carbocycles. The first-order valence-electron chi connectivity index (χ1n) is 16.9. The molecule has 0 bridgehead atoms. The third kappa shape index (κ3) is 7.50. The van der Waals surface area contributed by atoms with E-state index in [1.165, 1.54) is 4.90 Å². The second kappa shape index (κ2) is 14.1. The van der Waals surface area contributed by atoms with E-state index in [9.17, 15) is 27.6 Å². The van der Waals surface area contributed by atoms with Crippen LogP contribution in [-0.4, -0.2) is 94.6 Å². The van der Waals surface area contributed by atoms with Crippen LogP contribution >= 0.6 is 11.6 Å². The summed E-state index contributed by atoms with van der Waals surface area (Å²) < 4.78 is 43.6. The van der Waals surface area contributed by atoms with Crippen LogP contribution < -0.4 is 4.90 Å². The fourth-order valence-electron chi connectivity index (χ4n) is 7.50. The summed E-state index contributed by atoms with van der Waals surface area (Å²) in [5.41, 5.74) is 1.35. The molecule has 262 valence electrons. The summed E-state index contributed by atoms with van der Waals surface area (Å²) in [5, 5.41) is 4.58. The highest BCUT2D eigenvalue weighted by atomic mass is 35.5. The molecular formula is C36H42ClF3N6O3. The quantitative estimate of drug-likeness (QED) is 0.295. The monoisotopic (exact) mass is 698 g/mol. The Labute approximate surface area is 289 Å². The van der Waals surface area contributed by atoms with Gasteiger partial charge < -0.3 is 19.6 Å². The maximum absolute atomic E-state index is 14.3. The number of fused-ring (bicyclic) bond motifs is 1. The van der Waals surface area contributed by atoms with Gasteiger partial charge in [-0.1, -0.05) is 35.4 Å². The Bertz CT molecular complexity index is 1690. The summed E-state index contributed by atoms with van der Waals surface area (Å²) in [5.74, 6) is -0.439. The van der Waals surface area contributed by atoms with Crippen molar-refractivity contribution in [2.24, 2.45) is 17.8 Å². The van der Waals surface area contributed by atoms with Crippen LogP contribution in [-0.2, 0) is 15.8 Å². The number of hydrogen-bond acceptors (Lipinski definition) is 5. The molecule has 3 aromatic rings. The molecule has 3 amide bonds. The molecule has 0 radical (unpaired) electrons. The first kappa shape index (κ1) is 34.9. The number of likely N-dealkylation sites (tertiary alicyclic amines) is 3. The van der Waals surface area contributed by atoms with Gasteiger partial charge in [0, 0.05) is 69.4 Å². The number of aryl methyl sites for hydroxylation is 2. The van der Waals surface area contributed by atoms with E-state index in [-0.39, 0.29) is 35.3 Å². The molecule has 13 heteroatoms. The van der Waals surface area contributed by atoms with E-state index in [1.54, 1.807) is 36.1 Å². The predicted molar refractivity (Wildman–Crippen MR) is 181 cm³/mol. The number of amides is 3. The topological polar surface area (TPSA) is 82.0 Å². The molecular weight excluding hydrogens is 657 g/mol. The molecule has 2 unspecified atom stereocenters. The fourth-order valence-corrected chi connectivity index (χ4v) is 7.67. The number of halogens is 4. The molecule has 0 spiro atoms. The Morgan fingerprint density at radius 3 is 2.18 bits per heavy atom. The van der Waals surface area contributed by atoms with Crippen LogP contribution in [0, 0.1) is 31.6 Å². The molecule has 49 heavy (non-hydrogen) atoms. The lowest BCUT2D eigenvalue weighted by molar-refractivity contribution is -0.143. The van der Waals surface area contributed by atoms with Crippen molar-refractivity contribution >= 4 is 35.0 Å². The van der Waals surface area contributed by atoms with Crippen LogP contribution in [0.2, 0.25) is 5.02 Å². The number of benzene rings is 2. The van der Waals surface area contributed by atoms with Gasteiger partial charge in [-0.25, -0.2) is 4.68 Å². The van der Waals surface area contributed by atoms with Crippen LogP contribution in [0.3, 0.4) is 0 Å². The van der Waals surface area contributed by atoms with Crippen molar-refractivity contribution in [3.8, 4) is 5.69 Å². The van der Waals surface area contributed by atoms with Crippen molar-refractivity contribution in [2.75, 3.05) is 57.3 Å². The van der Waals surface area contributed by atoms with Crippen LogP contribution in [0.25, 0.3) is 5.69 Å². The van der Waals surface area contributed by atoms with Gasteiger partial charge in [-0.3, -0.25) is 14.4 Å². The van der Waals surface area contributed by atoms with Gasteiger partial charge >= 0.3 is 6.18 Å². The summed E-state index contributed by atoms with van der Waals surface area (Å²) in [6.07, 6.45) is -1.76. The van der Waals surface area contributed by atoms with Crippen molar-refractivity contribution in [3.63, 3.8) is 0 Å². The van der Waals surface area contributed by atoms with Crippen LogP contribution in [0.1, 0.15) is 53.4 Å². The zero-order chi connectivity index (χ0) is 35.0. The highest BCUT2D eigenvalue weighted by Gasteiger charge is 2.45. The summed E-state index contributed by atoms with van der Waals surface area (Å²) in [4.78, 5) is 46.6. The minimum atomic E-state index is -4.76. The average Bonchev–Trinajstić information content (AvgIpc) is 3.78. The number of nitrogens with zero attached hydrogens (tertiary/aromatic N) is 6. The third-order valence-corrected chi connectivity index (χ3v) is 10.7. The Kier molecular flexibility index (Phi) is 10.1. The Balaban J connectivity index is 1.07. The van der Waals surface area contributed by atoms with Crippen LogP contribution in [0.5, 0.6) is 0 Å². The first-order chi connectivity index (χ1) is 23.3. The maximum Gasteiger partial charge on any atom is 0.434 e. The molecule has 2 atom stereocenters. The van der Waals surface area contributed by atoms with E-state index in [0.717, 1.165) is 53.7 Å². The zero-order valence-electron chi connectivity index (χ0n) is 28.0. The minimum absolute atomic E-state index is 0.0243. The van der Waals surface area contributed by atoms with Crippen molar-refractivity contribution in [1.29, 1.82) is 0 Å². The average molecular weight is 699 g/mol. The second-order valence-corrected chi connectivity index (χ2v) is 14.1. The van der Waals surface area contributed by atoms with Crippen LogP contribution in [0.15, 0.2) is 48.7 Å². The van der Waals surface area contributed by atoms with Gasteiger partial charge in [0.15, 0.2) is 5.69 Å². The highest BCUT2D eigenvalue weighted by molar-refractivity contribution is 6.31. The normalized spacial score (nSPS) is 20.1. The van der Waals surface area contributed by atoms with Crippen molar-refractivity contribution in [3.05, 3.63) is 76.1 Å². The number of aromatic nitrogens is 2. The van der Waals surface area contributed by atoms with Gasteiger partial charge in [0.05, 0.1) is 17.4 Å². The minimum Gasteiger partial charge on any atom is -0.343 e. The maximum atomic E-state index is 14.3. The number of rotatable bonds is 8. The molecule has 3 saturated heterocycles. The van der Waals surface area contributed by atoms with E-state index in [4.69, 9.17) is 11.6 Å². The van der Waals surface area contributed by atoms with Gasteiger partial charge in [0.1, 0.15) is 0 Å². The Morgan fingerprint density at radius 2 is 1.59 bits per heavy atom. The number of piperidine rings is 1. The van der Waals surface area contributed by atoms with Crippen molar-refractivity contribution in [2.45, 2.75) is 46.2 Å². The number of anilines is 1. The van der Waals surface area contributed by atoms with Gasteiger partial charge in [-0.05, 0) is 81.3 Å². The van der Waals surface area contributed by atoms with E-state index in [2.05, 4.69) is 10.00 Å². The van der Waals surface area contributed by atoms with Gasteiger partial charge in [0.2, 0.25) is 11.8 Å². The molecule has 4 heterocycles. The largest absolute Gasteiger partial charge is 0.434 e. The summed E-state index contributed by atoms with van der Waals surface area (Å²) >= 11 is 6.45. The summed E-state index contributed by atoms with van der Waals surface area (Å²) in [7, 11) is 0. The van der Waals surface area contributed by atoms with Gasteiger partial charge in [-0.2, -0.15) is 18.3 Å². The molecule has 1 aromatic heterocycles. The molecule has 0 saturated carbocycles. The Hall–Kier alpha value is -3.90. The lowest BCUT2D eigenvalue weighted by Gasteiger charge is -2.34. The van der Waals surface area contributed by atoms with Gasteiger partial charge in [-0.15, -0.1) is 0 Å². The highest BCUT2D eigenvalue weighted by Crippen LogP contribution is 2.37. The molecule has 3 aliphatic heterocycles. The van der Waals surface area contributed by atoms with Crippen molar-refractivity contribution < 1.29 is 27.6 Å². The van der Waals surface area contributed by atoms with Gasteiger partial charge in [0.25, 0.3) is 5.91 Å². The van der Waals surface area contributed by atoms with Crippen molar-refractivity contribution in [1.82, 2.24) is 24.5 Å². The molecule has 6 rings (SSSR count). The summed E-state index contributed by atoms with van der Waals surface area (Å²) in [6, 6.07) is 12.2. The standard InChI is InChI=1S/C36H42ClF3N6O3/c1-23-5-8-29(9-6-23)46-33(36(38,39)40)31(18-41-46)35(49)44-21-27-19-42(20-28(27)22-44)13-4-14-45(30-10-7-24(2)32(37)17-30)34(48)26-11-15-43(16-12-26)25(3)47/h5-10,17-18,26-28H,4,11-16,19-22H2,1-3H3. The van der Waals surface area contributed by atoms with E-state index in [0.29, 0.717) is 50.6 Å². The fraction of sp³-hybridized carbons (Fsp3) is 0.500. The third-order valence-electron chi connectivity index (χ3n) is 10.3. The number of hydrogen-bond donors (Lipinski definition) is 0. The zero-order valence-corrected chi connectivity index (χ0v) is 28.8. The van der Waals surface area contributed by atoms with E-state index < -0.39 is 23.3 Å². The number of alkyl halides is 3. The second-order valence-electron chi connectivity index (χ2n) is 13.7. The number of carbonyl (C=O) groups excluding carboxylic acids is 3.